The number of aromatic nitrogens is 2. The number of hydrogen-bond donors (Lipinski definition) is 0. The fourth-order valence-corrected chi connectivity index (χ4v) is 3.24. The first kappa shape index (κ1) is 12.8. The Bertz CT molecular complexity index is 563. The Morgan fingerprint density at radius 2 is 2.26 bits per heavy atom. The second kappa shape index (κ2) is 4.15. The van der Waals surface area contributed by atoms with Gasteiger partial charge in [0.15, 0.2) is 5.78 Å². The summed E-state index contributed by atoms with van der Waals surface area (Å²) in [6.07, 6.45) is 1.03. The number of methoxy groups -OCH3 is 1. The molecular weight excluding hydrogens is 266 g/mol. The first-order valence-electron chi connectivity index (χ1n) is 6.41. The molecule has 0 amide bonds. The van der Waals surface area contributed by atoms with Crippen molar-refractivity contribution in [1.82, 2.24) is 9.97 Å². The number of carbonyl (C=O) groups is 1. The number of Topliss-reactive ketones (excluding diaryl/α,β-unsaturated/α-hetero) is 1. The maximum Gasteiger partial charge on any atom is 0.224 e. The molecule has 1 fully saturated rings. The molecule has 6 heteroatoms. The lowest BCUT2D eigenvalue weighted by molar-refractivity contribution is -0.134. The molecule has 2 atom stereocenters. The predicted octanol–water partition coefficient (Wildman–Crippen LogP) is 1.41. The second-order valence-corrected chi connectivity index (χ2v) is 5.52. The van der Waals surface area contributed by atoms with Crippen molar-refractivity contribution in [3.63, 3.8) is 0 Å². The van der Waals surface area contributed by atoms with Gasteiger partial charge in [-0.25, -0.2) is 9.97 Å². The highest BCUT2D eigenvalue weighted by atomic mass is 35.5. The van der Waals surface area contributed by atoms with Gasteiger partial charge in [-0.1, -0.05) is 6.92 Å². The van der Waals surface area contributed by atoms with Gasteiger partial charge in [0, 0.05) is 25.6 Å². The number of fused-ring (bicyclic) bond motifs is 3. The highest BCUT2D eigenvalue weighted by Gasteiger charge is 2.59. The zero-order valence-electron chi connectivity index (χ0n) is 11.2. The van der Waals surface area contributed by atoms with Gasteiger partial charge in [0.05, 0.1) is 5.69 Å². The molecule has 1 aromatic heterocycles. The van der Waals surface area contributed by atoms with Crippen molar-refractivity contribution in [3.05, 3.63) is 16.5 Å². The van der Waals surface area contributed by atoms with Crippen LogP contribution in [0.15, 0.2) is 0 Å². The number of carbonyl (C=O) groups excluding carboxylic acids is 1. The van der Waals surface area contributed by atoms with E-state index < -0.39 is 5.54 Å². The summed E-state index contributed by atoms with van der Waals surface area (Å²) in [4.78, 5) is 23.0. The first-order valence-corrected chi connectivity index (χ1v) is 6.79. The number of anilines is 1. The molecule has 1 saturated heterocycles. The van der Waals surface area contributed by atoms with Crippen molar-refractivity contribution < 1.29 is 9.53 Å². The van der Waals surface area contributed by atoms with Crippen LogP contribution in [0.3, 0.4) is 0 Å². The van der Waals surface area contributed by atoms with E-state index in [1.54, 1.807) is 7.11 Å². The second-order valence-electron chi connectivity index (χ2n) is 5.18. The van der Waals surface area contributed by atoms with Crippen LogP contribution in [0.5, 0.6) is 0 Å². The highest BCUT2D eigenvalue weighted by Crippen LogP contribution is 2.44. The van der Waals surface area contributed by atoms with Crippen LogP contribution in [-0.2, 0) is 22.4 Å². The molecule has 0 unspecified atom stereocenters. The number of ether oxygens (including phenoxy) is 1. The van der Waals surface area contributed by atoms with E-state index in [1.807, 2.05) is 18.7 Å². The predicted molar refractivity (Wildman–Crippen MR) is 71.7 cm³/mol. The van der Waals surface area contributed by atoms with E-state index in [2.05, 4.69) is 9.97 Å². The fraction of sp³-hybridized carbons (Fsp3) is 0.615. The summed E-state index contributed by atoms with van der Waals surface area (Å²) < 4.78 is 5.39. The zero-order chi connectivity index (χ0) is 13.8. The van der Waals surface area contributed by atoms with Gasteiger partial charge in [-0.3, -0.25) is 4.79 Å². The lowest BCUT2D eigenvalue weighted by Gasteiger charge is -2.57. The van der Waals surface area contributed by atoms with Crippen molar-refractivity contribution >= 4 is 23.2 Å². The molecule has 3 heterocycles. The third-order valence-electron chi connectivity index (χ3n) is 4.36. The molecule has 1 aromatic rings. The summed E-state index contributed by atoms with van der Waals surface area (Å²) in [5.41, 5.74) is 1.18. The van der Waals surface area contributed by atoms with E-state index in [1.165, 1.54) is 0 Å². The van der Waals surface area contributed by atoms with E-state index in [9.17, 15) is 4.79 Å². The van der Waals surface area contributed by atoms with Crippen molar-refractivity contribution in [1.29, 1.82) is 0 Å². The molecule has 2 aliphatic rings. The lowest BCUT2D eigenvalue weighted by atomic mass is 9.74. The van der Waals surface area contributed by atoms with Gasteiger partial charge in [-0.15, -0.1) is 0 Å². The molecule has 0 spiro atoms. The van der Waals surface area contributed by atoms with E-state index in [0.29, 0.717) is 13.0 Å². The van der Waals surface area contributed by atoms with Crippen LogP contribution >= 0.6 is 11.6 Å². The Labute approximate surface area is 116 Å². The Morgan fingerprint density at radius 3 is 2.89 bits per heavy atom. The summed E-state index contributed by atoms with van der Waals surface area (Å²) in [7, 11) is 1.64. The van der Waals surface area contributed by atoms with Gasteiger partial charge < -0.3 is 9.64 Å². The Hall–Kier alpha value is -1.20. The molecule has 0 radical (unpaired) electrons. The van der Waals surface area contributed by atoms with Gasteiger partial charge in [-0.2, -0.15) is 0 Å². The molecule has 0 aromatic carbocycles. The number of nitrogens with zero attached hydrogens (tertiary/aromatic N) is 3. The number of aryl methyl sites for hydroxylation is 1. The minimum absolute atomic E-state index is 0.0769. The molecule has 102 valence electrons. The highest BCUT2D eigenvalue weighted by molar-refractivity contribution is 6.28. The van der Waals surface area contributed by atoms with Crippen LogP contribution in [0.1, 0.15) is 25.1 Å². The summed E-state index contributed by atoms with van der Waals surface area (Å²) >= 11 is 5.98. The molecule has 0 N–H and O–H groups in total. The minimum atomic E-state index is -0.607. The molecule has 3 rings (SSSR count). The van der Waals surface area contributed by atoms with Gasteiger partial charge in [-0.05, 0) is 24.9 Å². The third kappa shape index (κ3) is 1.55. The fourth-order valence-electron chi connectivity index (χ4n) is 3.06. The largest absolute Gasteiger partial charge is 0.377 e. The van der Waals surface area contributed by atoms with Crippen LogP contribution in [0, 0.1) is 0 Å². The quantitative estimate of drug-likeness (QED) is 0.767. The third-order valence-corrected chi connectivity index (χ3v) is 4.53. The number of ketones is 1. The average Bonchev–Trinajstić information content (AvgIpc) is 2.37. The lowest BCUT2D eigenvalue weighted by Crippen LogP contribution is -2.76. The van der Waals surface area contributed by atoms with Crippen LogP contribution in [0.2, 0.25) is 5.28 Å². The maximum atomic E-state index is 12.5. The Kier molecular flexibility index (Phi) is 2.80. The van der Waals surface area contributed by atoms with E-state index in [-0.39, 0.29) is 17.2 Å². The van der Waals surface area contributed by atoms with E-state index in [4.69, 9.17) is 16.3 Å². The summed E-state index contributed by atoms with van der Waals surface area (Å²) in [6, 6.07) is 0. The molecule has 0 bridgehead atoms. The topological polar surface area (TPSA) is 55.3 Å². The van der Waals surface area contributed by atoms with Gasteiger partial charge in [0.25, 0.3) is 0 Å². The number of halogens is 1. The Balaban J connectivity index is 2.13. The molecule has 0 saturated carbocycles. The Morgan fingerprint density at radius 1 is 1.53 bits per heavy atom. The normalized spacial score (nSPS) is 28.7. The standard InChI is InChI=1S/C13H16ClN3O2/c1-4-8-7-5-9(18)13(2)10(19-3)6-17(13)11(7)16-12(14)15-8/h10H,4-6H2,1-3H3/t10-,13-/m0/s1. The van der Waals surface area contributed by atoms with Gasteiger partial charge in [0.1, 0.15) is 17.5 Å². The molecular formula is C13H16ClN3O2. The number of hydrogen-bond acceptors (Lipinski definition) is 5. The van der Waals surface area contributed by atoms with Crippen molar-refractivity contribution in [2.24, 2.45) is 0 Å². The summed E-state index contributed by atoms with van der Waals surface area (Å²) in [5, 5.41) is 0.244. The molecule has 0 aliphatic carbocycles. The van der Waals surface area contributed by atoms with Crippen LogP contribution in [0.4, 0.5) is 5.82 Å². The maximum absolute atomic E-state index is 12.5. The number of rotatable bonds is 2. The summed E-state index contributed by atoms with van der Waals surface area (Å²) in [5.74, 6) is 0.964. The van der Waals surface area contributed by atoms with Crippen LogP contribution in [0.25, 0.3) is 0 Å². The molecule has 2 aliphatic heterocycles. The van der Waals surface area contributed by atoms with Gasteiger partial charge >= 0.3 is 0 Å². The SMILES string of the molecule is CCc1nc(Cl)nc2c1CC(=O)[C@@]1(C)[C@@H](OC)CN21. The van der Waals surface area contributed by atoms with Crippen molar-refractivity contribution in [3.8, 4) is 0 Å². The van der Waals surface area contributed by atoms with Crippen LogP contribution in [-0.4, -0.2) is 41.0 Å². The first-order chi connectivity index (χ1) is 9.02. The van der Waals surface area contributed by atoms with E-state index in [0.717, 1.165) is 23.5 Å². The minimum Gasteiger partial charge on any atom is -0.377 e. The van der Waals surface area contributed by atoms with Crippen LogP contribution < -0.4 is 4.90 Å². The smallest absolute Gasteiger partial charge is 0.224 e. The summed E-state index contributed by atoms with van der Waals surface area (Å²) in [6.45, 7) is 4.59. The van der Waals surface area contributed by atoms with Gasteiger partial charge in [0.2, 0.25) is 5.28 Å². The average molecular weight is 282 g/mol. The monoisotopic (exact) mass is 281 g/mol. The molecule has 5 nitrogen and oxygen atoms in total. The molecule has 19 heavy (non-hydrogen) atoms. The van der Waals surface area contributed by atoms with Crippen molar-refractivity contribution in [2.75, 3.05) is 18.6 Å². The van der Waals surface area contributed by atoms with Crippen molar-refractivity contribution in [2.45, 2.75) is 38.3 Å². The van der Waals surface area contributed by atoms with E-state index >= 15 is 0 Å². The zero-order valence-corrected chi connectivity index (χ0v) is 12.0.